The first-order valence-corrected chi connectivity index (χ1v) is 9.90. The van der Waals surface area contributed by atoms with Gasteiger partial charge in [-0.2, -0.15) is 0 Å². The van der Waals surface area contributed by atoms with Gasteiger partial charge in [0.15, 0.2) is 5.82 Å². The monoisotopic (exact) mass is 397 g/mol. The molecule has 0 fully saturated rings. The number of benzene rings is 2. The zero-order chi connectivity index (χ0) is 20.1. The van der Waals surface area contributed by atoms with Gasteiger partial charge in [-0.25, -0.2) is 4.68 Å². The van der Waals surface area contributed by atoms with Crippen molar-refractivity contribution in [3.05, 3.63) is 53.6 Å². The van der Waals surface area contributed by atoms with E-state index in [4.69, 9.17) is 10.6 Å². The van der Waals surface area contributed by atoms with Crippen molar-refractivity contribution < 1.29 is 9.53 Å². The van der Waals surface area contributed by atoms with Crippen molar-refractivity contribution in [2.75, 3.05) is 23.5 Å². The molecule has 3 rings (SSSR count). The van der Waals surface area contributed by atoms with Gasteiger partial charge in [0.2, 0.25) is 11.1 Å². The molecule has 28 heavy (non-hydrogen) atoms. The Morgan fingerprint density at radius 3 is 2.61 bits per heavy atom. The third-order valence-corrected chi connectivity index (χ3v) is 5.02. The lowest BCUT2D eigenvalue weighted by Gasteiger charge is -2.09. The predicted molar refractivity (Wildman–Crippen MR) is 112 cm³/mol. The van der Waals surface area contributed by atoms with Crippen LogP contribution in [0, 0.1) is 13.8 Å². The number of ether oxygens (including phenoxy) is 1. The van der Waals surface area contributed by atoms with Crippen molar-refractivity contribution in [2.24, 2.45) is 0 Å². The first-order chi connectivity index (χ1) is 13.5. The Kier molecular flexibility index (Phi) is 6.20. The number of rotatable bonds is 7. The molecule has 0 aliphatic heterocycles. The molecule has 8 heteroatoms. The molecule has 0 saturated carbocycles. The highest BCUT2D eigenvalue weighted by atomic mass is 32.2. The van der Waals surface area contributed by atoms with Crippen LogP contribution in [0.4, 0.5) is 5.69 Å². The average molecular weight is 398 g/mol. The summed E-state index contributed by atoms with van der Waals surface area (Å²) in [5.74, 6) is 7.50. The van der Waals surface area contributed by atoms with E-state index in [0.29, 0.717) is 17.6 Å². The summed E-state index contributed by atoms with van der Waals surface area (Å²) in [5.41, 5.74) is 3.81. The molecule has 0 atom stereocenters. The number of amides is 1. The quantitative estimate of drug-likeness (QED) is 0.469. The largest absolute Gasteiger partial charge is 0.494 e. The van der Waals surface area contributed by atoms with E-state index in [1.165, 1.54) is 16.4 Å². The van der Waals surface area contributed by atoms with E-state index in [1.807, 2.05) is 63.2 Å². The first kappa shape index (κ1) is 19.8. The lowest BCUT2D eigenvalue weighted by Crippen LogP contribution is -2.17. The summed E-state index contributed by atoms with van der Waals surface area (Å²) in [5, 5.41) is 11.6. The highest BCUT2D eigenvalue weighted by Gasteiger charge is 2.14. The average Bonchev–Trinajstić information content (AvgIpc) is 3.04. The van der Waals surface area contributed by atoms with Gasteiger partial charge in [0.05, 0.1) is 12.4 Å². The maximum Gasteiger partial charge on any atom is 0.234 e. The molecule has 1 amide bonds. The zero-order valence-electron chi connectivity index (χ0n) is 16.1. The lowest BCUT2D eigenvalue weighted by atomic mass is 10.1. The minimum atomic E-state index is -0.123. The molecule has 0 aliphatic carbocycles. The topological polar surface area (TPSA) is 95.1 Å². The molecule has 1 aromatic heterocycles. The fraction of sp³-hybridized carbons (Fsp3) is 0.250. The lowest BCUT2D eigenvalue weighted by molar-refractivity contribution is -0.113. The number of aryl methyl sites for hydroxylation is 2. The van der Waals surface area contributed by atoms with Crippen LogP contribution in [-0.4, -0.2) is 33.1 Å². The Labute approximate surface area is 168 Å². The molecule has 1 heterocycles. The van der Waals surface area contributed by atoms with E-state index >= 15 is 0 Å². The van der Waals surface area contributed by atoms with Gasteiger partial charge in [0, 0.05) is 11.3 Å². The molecule has 0 saturated heterocycles. The van der Waals surface area contributed by atoms with Crippen LogP contribution in [-0.2, 0) is 4.79 Å². The number of hydrogen-bond donors (Lipinski definition) is 2. The maximum atomic E-state index is 12.3. The number of nitrogens with zero attached hydrogens (tertiary/aromatic N) is 3. The molecular weight excluding hydrogens is 374 g/mol. The Hall–Kier alpha value is -3.00. The molecule has 3 N–H and O–H groups in total. The second kappa shape index (κ2) is 8.79. The van der Waals surface area contributed by atoms with E-state index in [2.05, 4.69) is 15.5 Å². The summed E-state index contributed by atoms with van der Waals surface area (Å²) in [6.07, 6.45) is 0. The van der Waals surface area contributed by atoms with Crippen LogP contribution in [0.15, 0.2) is 47.6 Å². The van der Waals surface area contributed by atoms with Gasteiger partial charge in [0.1, 0.15) is 5.75 Å². The van der Waals surface area contributed by atoms with Gasteiger partial charge in [-0.3, -0.25) is 4.79 Å². The number of nitrogens with two attached hydrogens (primary N) is 1. The van der Waals surface area contributed by atoms with E-state index in [0.717, 1.165) is 28.1 Å². The van der Waals surface area contributed by atoms with Gasteiger partial charge < -0.3 is 15.9 Å². The third kappa shape index (κ3) is 4.64. The van der Waals surface area contributed by atoms with E-state index in [9.17, 15) is 4.79 Å². The SMILES string of the molecule is CCOc1ccc(-c2nnc(SCC(=O)Nc3ccc(C)cc3C)n2N)cc1. The molecule has 0 radical (unpaired) electrons. The van der Waals surface area contributed by atoms with Gasteiger partial charge in [0.25, 0.3) is 0 Å². The number of carbonyl (C=O) groups is 1. The minimum Gasteiger partial charge on any atom is -0.494 e. The molecule has 2 aromatic carbocycles. The van der Waals surface area contributed by atoms with Crippen LogP contribution in [0.1, 0.15) is 18.1 Å². The van der Waals surface area contributed by atoms with Gasteiger partial charge >= 0.3 is 0 Å². The van der Waals surface area contributed by atoms with Crippen LogP contribution in [0.5, 0.6) is 5.75 Å². The second-order valence-corrected chi connectivity index (χ2v) is 7.23. The van der Waals surface area contributed by atoms with Crippen molar-refractivity contribution >= 4 is 23.4 Å². The van der Waals surface area contributed by atoms with Crippen molar-refractivity contribution in [1.82, 2.24) is 14.9 Å². The van der Waals surface area contributed by atoms with Crippen molar-refractivity contribution in [1.29, 1.82) is 0 Å². The number of hydrogen-bond acceptors (Lipinski definition) is 6. The number of thioether (sulfide) groups is 1. The van der Waals surface area contributed by atoms with E-state index in [1.54, 1.807) is 0 Å². The van der Waals surface area contributed by atoms with Crippen LogP contribution in [0.3, 0.4) is 0 Å². The Bertz CT molecular complexity index is 969. The zero-order valence-corrected chi connectivity index (χ0v) is 16.9. The Morgan fingerprint density at radius 1 is 1.18 bits per heavy atom. The number of aromatic nitrogens is 3. The Balaban J connectivity index is 1.63. The third-order valence-electron chi connectivity index (χ3n) is 4.08. The van der Waals surface area contributed by atoms with Gasteiger partial charge in [-0.15, -0.1) is 10.2 Å². The Morgan fingerprint density at radius 2 is 1.93 bits per heavy atom. The highest BCUT2D eigenvalue weighted by molar-refractivity contribution is 7.99. The predicted octanol–water partition coefficient (Wildman–Crippen LogP) is 3.41. The van der Waals surface area contributed by atoms with E-state index < -0.39 is 0 Å². The standard InChI is InChI=1S/C20H23N5O2S/c1-4-27-16-8-6-15(7-9-16)19-23-24-20(25(19)21)28-12-18(26)22-17-10-5-13(2)11-14(17)3/h5-11H,4,12,21H2,1-3H3,(H,22,26). The highest BCUT2D eigenvalue weighted by Crippen LogP contribution is 2.24. The minimum absolute atomic E-state index is 0.123. The molecule has 0 bridgehead atoms. The summed E-state index contributed by atoms with van der Waals surface area (Å²) in [6, 6.07) is 13.4. The second-order valence-electron chi connectivity index (χ2n) is 6.29. The van der Waals surface area contributed by atoms with Crippen LogP contribution < -0.4 is 15.9 Å². The van der Waals surface area contributed by atoms with Gasteiger partial charge in [-0.1, -0.05) is 29.5 Å². The van der Waals surface area contributed by atoms with Crippen LogP contribution >= 0.6 is 11.8 Å². The molecule has 3 aromatic rings. The van der Waals surface area contributed by atoms with Crippen molar-refractivity contribution in [3.8, 4) is 17.1 Å². The molecule has 7 nitrogen and oxygen atoms in total. The molecule has 0 aliphatic rings. The first-order valence-electron chi connectivity index (χ1n) is 8.91. The summed E-state index contributed by atoms with van der Waals surface area (Å²) in [6.45, 7) is 6.53. The van der Waals surface area contributed by atoms with Crippen molar-refractivity contribution in [2.45, 2.75) is 25.9 Å². The summed E-state index contributed by atoms with van der Waals surface area (Å²) >= 11 is 1.24. The van der Waals surface area contributed by atoms with Gasteiger partial charge in [-0.05, 0) is 56.7 Å². The molecular formula is C20H23N5O2S. The fourth-order valence-electron chi connectivity index (χ4n) is 2.71. The fourth-order valence-corrected chi connectivity index (χ4v) is 3.37. The number of carbonyl (C=O) groups excluding carboxylic acids is 1. The number of nitrogen functional groups attached to an aromatic ring is 1. The summed E-state index contributed by atoms with van der Waals surface area (Å²) in [7, 11) is 0. The molecule has 0 spiro atoms. The summed E-state index contributed by atoms with van der Waals surface area (Å²) < 4.78 is 6.83. The van der Waals surface area contributed by atoms with Crippen molar-refractivity contribution in [3.63, 3.8) is 0 Å². The molecule has 0 unspecified atom stereocenters. The maximum absolute atomic E-state index is 12.3. The van der Waals surface area contributed by atoms with E-state index in [-0.39, 0.29) is 11.7 Å². The normalized spacial score (nSPS) is 10.7. The molecule has 146 valence electrons. The van der Waals surface area contributed by atoms with Crippen LogP contribution in [0.2, 0.25) is 0 Å². The summed E-state index contributed by atoms with van der Waals surface area (Å²) in [4.78, 5) is 12.3. The smallest absolute Gasteiger partial charge is 0.234 e. The number of anilines is 1. The van der Waals surface area contributed by atoms with Crippen LogP contribution in [0.25, 0.3) is 11.4 Å². The number of nitrogens with one attached hydrogen (secondary N) is 1.